The first-order chi connectivity index (χ1) is 13.3. The Kier molecular flexibility index (Phi) is 4.43. The van der Waals surface area contributed by atoms with Crippen molar-refractivity contribution < 1.29 is 8.42 Å². The first-order valence-corrected chi connectivity index (χ1v) is 10.4. The minimum atomic E-state index is -3.68. The van der Waals surface area contributed by atoms with Gasteiger partial charge in [0.1, 0.15) is 0 Å². The lowest BCUT2D eigenvalue weighted by Gasteiger charge is -2.10. The van der Waals surface area contributed by atoms with Crippen molar-refractivity contribution in [2.45, 2.75) is 25.3 Å². The van der Waals surface area contributed by atoms with Crippen LogP contribution >= 0.6 is 0 Å². The second-order valence-corrected chi connectivity index (χ2v) is 8.46. The maximum atomic E-state index is 12.8. The van der Waals surface area contributed by atoms with Crippen LogP contribution in [0, 0.1) is 13.8 Å². The van der Waals surface area contributed by atoms with Gasteiger partial charge in [-0.25, -0.2) is 13.4 Å². The van der Waals surface area contributed by atoms with Crippen LogP contribution in [0.25, 0.3) is 11.0 Å². The molecule has 144 valence electrons. The smallest absolute Gasteiger partial charge is 0.262 e. The average Bonchev–Trinajstić information content (AvgIpc) is 3.18. The third-order valence-corrected chi connectivity index (χ3v) is 6.23. The number of sulfonamides is 1. The second-order valence-electron chi connectivity index (χ2n) is 6.78. The molecule has 0 saturated carbocycles. The lowest BCUT2D eigenvalue weighted by atomic mass is 10.2. The highest BCUT2D eigenvalue weighted by Gasteiger charge is 2.19. The van der Waals surface area contributed by atoms with Crippen LogP contribution in [-0.2, 0) is 23.6 Å². The summed E-state index contributed by atoms with van der Waals surface area (Å²) >= 11 is 0. The fraction of sp³-hybridized carbons (Fsp3) is 0.200. The number of nitrogens with zero attached hydrogens (tertiary/aromatic N) is 4. The van der Waals surface area contributed by atoms with Crippen LogP contribution in [0.2, 0.25) is 0 Å². The Labute approximate surface area is 163 Å². The molecule has 1 N–H and O–H groups in total. The fourth-order valence-electron chi connectivity index (χ4n) is 3.22. The van der Waals surface area contributed by atoms with E-state index in [-0.39, 0.29) is 4.90 Å². The van der Waals surface area contributed by atoms with Gasteiger partial charge >= 0.3 is 0 Å². The van der Waals surface area contributed by atoms with E-state index >= 15 is 0 Å². The maximum absolute atomic E-state index is 12.8. The van der Waals surface area contributed by atoms with Crippen LogP contribution in [0.3, 0.4) is 0 Å². The number of hydrogen-bond acceptors (Lipinski definition) is 4. The molecule has 0 spiro atoms. The van der Waals surface area contributed by atoms with Gasteiger partial charge in [-0.15, -0.1) is 0 Å². The largest absolute Gasteiger partial charge is 0.326 e. The Hall–Kier alpha value is -3.13. The van der Waals surface area contributed by atoms with Crippen molar-refractivity contribution in [2.75, 3.05) is 4.72 Å². The summed E-state index contributed by atoms with van der Waals surface area (Å²) in [7, 11) is -1.89. The van der Waals surface area contributed by atoms with Crippen LogP contribution < -0.4 is 4.72 Å². The molecule has 0 bridgehead atoms. The molecule has 4 rings (SSSR count). The van der Waals surface area contributed by atoms with Crippen molar-refractivity contribution in [1.29, 1.82) is 0 Å². The van der Waals surface area contributed by atoms with Crippen LogP contribution in [0.15, 0.2) is 59.8 Å². The standard InChI is InChI=1S/C20H21N5O2S/c1-14-20(15(2)24(3)22-14)23-28(26,27)17-10-8-16(9-11-17)12-25-13-21-18-6-4-5-7-19(18)25/h4-11,13,23H,12H2,1-3H3. The highest BCUT2D eigenvalue weighted by molar-refractivity contribution is 7.92. The number of anilines is 1. The molecule has 0 unspecified atom stereocenters. The highest BCUT2D eigenvalue weighted by Crippen LogP contribution is 2.23. The molecule has 0 aliphatic rings. The average molecular weight is 395 g/mol. The molecule has 0 amide bonds. The van der Waals surface area contributed by atoms with E-state index in [1.54, 1.807) is 37.1 Å². The van der Waals surface area contributed by atoms with Gasteiger partial charge in [-0.3, -0.25) is 9.40 Å². The summed E-state index contributed by atoms with van der Waals surface area (Å²) in [5, 5.41) is 4.25. The molecule has 0 atom stereocenters. The van der Waals surface area contributed by atoms with Crippen LogP contribution in [0.1, 0.15) is 17.0 Å². The maximum Gasteiger partial charge on any atom is 0.262 e. The number of para-hydroxylation sites is 2. The van der Waals surface area contributed by atoms with Gasteiger partial charge in [0.25, 0.3) is 10.0 Å². The van der Waals surface area contributed by atoms with Gasteiger partial charge in [0.15, 0.2) is 0 Å². The van der Waals surface area contributed by atoms with E-state index in [0.717, 1.165) is 22.3 Å². The molecule has 4 aromatic rings. The van der Waals surface area contributed by atoms with Gasteiger partial charge in [-0.2, -0.15) is 5.10 Å². The van der Waals surface area contributed by atoms with E-state index in [1.165, 1.54) is 0 Å². The molecule has 2 aromatic heterocycles. The Morgan fingerprint density at radius 1 is 1.04 bits per heavy atom. The van der Waals surface area contributed by atoms with E-state index in [0.29, 0.717) is 17.9 Å². The zero-order valence-electron chi connectivity index (χ0n) is 15.9. The number of aryl methyl sites for hydroxylation is 2. The molecule has 8 heteroatoms. The molecule has 0 radical (unpaired) electrons. The number of hydrogen-bond donors (Lipinski definition) is 1. The summed E-state index contributed by atoms with van der Waals surface area (Å²) in [6.07, 6.45) is 1.80. The van der Waals surface area contributed by atoms with E-state index in [4.69, 9.17) is 0 Å². The first-order valence-electron chi connectivity index (χ1n) is 8.87. The number of aromatic nitrogens is 4. The molecule has 2 aromatic carbocycles. The van der Waals surface area contributed by atoms with Crippen molar-refractivity contribution in [3.63, 3.8) is 0 Å². The summed E-state index contributed by atoms with van der Waals surface area (Å²) in [6, 6.07) is 14.8. The minimum Gasteiger partial charge on any atom is -0.326 e. The van der Waals surface area contributed by atoms with E-state index < -0.39 is 10.0 Å². The van der Waals surface area contributed by atoms with Crippen molar-refractivity contribution in [3.05, 3.63) is 71.8 Å². The summed E-state index contributed by atoms with van der Waals surface area (Å²) in [4.78, 5) is 4.60. The van der Waals surface area contributed by atoms with Gasteiger partial charge in [0.2, 0.25) is 0 Å². The SMILES string of the molecule is Cc1nn(C)c(C)c1NS(=O)(=O)c1ccc(Cn2cnc3ccccc32)cc1. The topological polar surface area (TPSA) is 81.8 Å². The Morgan fingerprint density at radius 3 is 2.43 bits per heavy atom. The van der Waals surface area contributed by atoms with Gasteiger partial charge < -0.3 is 4.57 Å². The minimum absolute atomic E-state index is 0.217. The summed E-state index contributed by atoms with van der Waals surface area (Å²) in [5.41, 5.74) is 4.92. The molecule has 7 nitrogen and oxygen atoms in total. The monoisotopic (exact) mass is 395 g/mol. The quantitative estimate of drug-likeness (QED) is 0.562. The van der Waals surface area contributed by atoms with E-state index in [1.807, 2.05) is 47.9 Å². The lowest BCUT2D eigenvalue weighted by Crippen LogP contribution is -2.14. The number of imidazole rings is 1. The van der Waals surface area contributed by atoms with E-state index in [2.05, 4.69) is 14.8 Å². The normalized spacial score (nSPS) is 11.8. The predicted molar refractivity (Wildman–Crippen MR) is 109 cm³/mol. The summed E-state index contributed by atoms with van der Waals surface area (Å²) in [5.74, 6) is 0. The van der Waals surface area contributed by atoms with Gasteiger partial charge in [-0.05, 0) is 43.7 Å². The molecule has 2 heterocycles. The van der Waals surface area contributed by atoms with Crippen LogP contribution in [-0.4, -0.2) is 27.7 Å². The fourth-order valence-corrected chi connectivity index (χ4v) is 4.40. The Balaban J connectivity index is 1.57. The van der Waals surface area contributed by atoms with Gasteiger partial charge in [-0.1, -0.05) is 24.3 Å². The molecule has 0 aliphatic heterocycles. The number of rotatable bonds is 5. The van der Waals surface area contributed by atoms with E-state index in [9.17, 15) is 8.42 Å². The first kappa shape index (κ1) is 18.2. The Morgan fingerprint density at radius 2 is 1.75 bits per heavy atom. The molecular weight excluding hydrogens is 374 g/mol. The number of fused-ring (bicyclic) bond motifs is 1. The molecule has 0 aliphatic carbocycles. The molecular formula is C20H21N5O2S. The zero-order chi connectivity index (χ0) is 19.9. The van der Waals surface area contributed by atoms with Crippen LogP contribution in [0.4, 0.5) is 5.69 Å². The van der Waals surface area contributed by atoms with Crippen LogP contribution in [0.5, 0.6) is 0 Å². The van der Waals surface area contributed by atoms with Crippen molar-refractivity contribution in [1.82, 2.24) is 19.3 Å². The van der Waals surface area contributed by atoms with Crippen molar-refractivity contribution in [2.24, 2.45) is 7.05 Å². The summed E-state index contributed by atoms with van der Waals surface area (Å²) in [6.45, 7) is 4.23. The highest BCUT2D eigenvalue weighted by atomic mass is 32.2. The van der Waals surface area contributed by atoms with Gasteiger partial charge in [0, 0.05) is 13.6 Å². The molecule has 0 fully saturated rings. The second kappa shape index (κ2) is 6.79. The lowest BCUT2D eigenvalue weighted by molar-refractivity contribution is 0.601. The third kappa shape index (κ3) is 3.27. The Bertz CT molecular complexity index is 1250. The summed E-state index contributed by atoms with van der Waals surface area (Å²) < 4.78 is 31.9. The number of benzene rings is 2. The zero-order valence-corrected chi connectivity index (χ0v) is 16.7. The van der Waals surface area contributed by atoms with Crippen molar-refractivity contribution in [3.8, 4) is 0 Å². The third-order valence-electron chi connectivity index (χ3n) is 4.86. The molecule has 28 heavy (non-hydrogen) atoms. The predicted octanol–water partition coefficient (Wildman–Crippen LogP) is 3.24. The molecule has 0 saturated heterocycles. The van der Waals surface area contributed by atoms with Gasteiger partial charge in [0.05, 0.1) is 39.3 Å². The number of nitrogens with one attached hydrogen (secondary N) is 1. The van der Waals surface area contributed by atoms with Crippen molar-refractivity contribution >= 4 is 26.7 Å².